The van der Waals surface area contributed by atoms with Crippen molar-refractivity contribution in [1.29, 1.82) is 0 Å². The van der Waals surface area contributed by atoms with Gasteiger partial charge >= 0.3 is 0 Å². The molecule has 1 aliphatic heterocycles. The normalized spacial score (nSPS) is 31.0. The highest BCUT2D eigenvalue weighted by Gasteiger charge is 2.40. The summed E-state index contributed by atoms with van der Waals surface area (Å²) in [6.07, 6.45) is 7.38. The van der Waals surface area contributed by atoms with Crippen LogP contribution in [0.1, 0.15) is 44.1 Å². The molecule has 1 nitrogen and oxygen atoms in total. The lowest BCUT2D eigenvalue weighted by atomic mass is 9.91. The molecule has 0 radical (unpaired) electrons. The van der Waals surface area contributed by atoms with Crippen LogP contribution >= 0.6 is 0 Å². The maximum absolute atomic E-state index is 6.04. The van der Waals surface area contributed by atoms with Crippen molar-refractivity contribution in [1.82, 2.24) is 0 Å². The highest BCUT2D eigenvalue weighted by molar-refractivity contribution is 5.34. The number of hydrogen-bond donors (Lipinski definition) is 0. The Balaban J connectivity index is 1.64. The predicted molar refractivity (Wildman–Crippen MR) is 73.2 cm³/mol. The van der Waals surface area contributed by atoms with Gasteiger partial charge in [-0.05, 0) is 50.7 Å². The van der Waals surface area contributed by atoms with Crippen molar-refractivity contribution in [3.05, 3.63) is 35.9 Å². The molecule has 94 valence electrons. The molecular formula is C17H20O. The first kappa shape index (κ1) is 11.8. The van der Waals surface area contributed by atoms with Gasteiger partial charge < -0.3 is 4.74 Å². The van der Waals surface area contributed by atoms with Crippen molar-refractivity contribution in [3.8, 4) is 11.8 Å². The van der Waals surface area contributed by atoms with Gasteiger partial charge in [-0.3, -0.25) is 0 Å². The van der Waals surface area contributed by atoms with Crippen LogP contribution in [0, 0.1) is 17.8 Å². The molecule has 1 aliphatic carbocycles. The van der Waals surface area contributed by atoms with Crippen LogP contribution in [0.5, 0.6) is 0 Å². The summed E-state index contributed by atoms with van der Waals surface area (Å²) in [4.78, 5) is 0. The summed E-state index contributed by atoms with van der Waals surface area (Å²) in [5.74, 6) is 7.27. The van der Waals surface area contributed by atoms with E-state index in [1.54, 1.807) is 0 Å². The van der Waals surface area contributed by atoms with Crippen LogP contribution in [0.15, 0.2) is 30.3 Å². The molecule has 1 heteroatoms. The molecule has 1 saturated heterocycles. The standard InChI is InChI=1S/C17H20O/c1-2-6-15(7-3-1)8-9-16-10-12-17(14-16)11-4-5-13-18-17/h1-3,6-7,16H,4-5,10-14H2/t16-,17+/m1/s1. The van der Waals surface area contributed by atoms with Crippen LogP contribution in [-0.4, -0.2) is 12.2 Å². The summed E-state index contributed by atoms with van der Waals surface area (Å²) in [7, 11) is 0. The molecule has 0 aromatic heterocycles. The van der Waals surface area contributed by atoms with E-state index in [-0.39, 0.29) is 5.60 Å². The second-order valence-electron chi connectivity index (χ2n) is 5.56. The highest BCUT2D eigenvalue weighted by Crippen LogP contribution is 2.42. The molecule has 2 fully saturated rings. The average molecular weight is 240 g/mol. The first-order valence-corrected chi connectivity index (χ1v) is 7.07. The van der Waals surface area contributed by atoms with Crippen LogP contribution in [0.4, 0.5) is 0 Å². The zero-order valence-corrected chi connectivity index (χ0v) is 10.8. The van der Waals surface area contributed by atoms with Crippen molar-refractivity contribution in [2.45, 2.75) is 44.1 Å². The molecular weight excluding hydrogens is 220 g/mol. The van der Waals surface area contributed by atoms with Gasteiger partial charge in [-0.25, -0.2) is 0 Å². The summed E-state index contributed by atoms with van der Waals surface area (Å²) in [5.41, 5.74) is 1.32. The number of rotatable bonds is 0. The van der Waals surface area contributed by atoms with Gasteiger partial charge in [0.1, 0.15) is 0 Å². The third-order valence-corrected chi connectivity index (χ3v) is 4.20. The van der Waals surface area contributed by atoms with Crippen molar-refractivity contribution in [3.63, 3.8) is 0 Å². The molecule has 1 aromatic carbocycles. The van der Waals surface area contributed by atoms with Gasteiger partial charge in [-0.2, -0.15) is 0 Å². The minimum absolute atomic E-state index is 0.189. The number of hydrogen-bond acceptors (Lipinski definition) is 1. The minimum atomic E-state index is 0.189. The maximum atomic E-state index is 6.04. The monoisotopic (exact) mass is 240 g/mol. The SMILES string of the molecule is C(#C[C@@H]1CC[C@@]2(CCCCO2)C1)c1ccccc1. The molecule has 0 bridgehead atoms. The van der Waals surface area contributed by atoms with E-state index in [0.717, 1.165) is 18.6 Å². The Labute approximate surface area is 110 Å². The Bertz CT molecular complexity index is 445. The third kappa shape index (κ3) is 2.60. The fourth-order valence-corrected chi connectivity index (χ4v) is 3.19. The van der Waals surface area contributed by atoms with Crippen LogP contribution in [0.25, 0.3) is 0 Å². The smallest absolute Gasteiger partial charge is 0.0694 e. The van der Waals surface area contributed by atoms with E-state index >= 15 is 0 Å². The van der Waals surface area contributed by atoms with E-state index in [1.807, 2.05) is 18.2 Å². The van der Waals surface area contributed by atoms with E-state index < -0.39 is 0 Å². The Kier molecular flexibility index (Phi) is 3.39. The lowest BCUT2D eigenvalue weighted by Gasteiger charge is -2.33. The van der Waals surface area contributed by atoms with Crippen LogP contribution < -0.4 is 0 Å². The largest absolute Gasteiger partial charge is 0.375 e. The molecule has 1 heterocycles. The second kappa shape index (κ2) is 5.16. The van der Waals surface area contributed by atoms with Gasteiger partial charge in [0.2, 0.25) is 0 Å². The van der Waals surface area contributed by atoms with Crippen LogP contribution in [-0.2, 0) is 4.74 Å². The summed E-state index contributed by atoms with van der Waals surface area (Å²) in [6, 6.07) is 10.3. The first-order valence-electron chi connectivity index (χ1n) is 7.07. The molecule has 2 atom stereocenters. The van der Waals surface area contributed by atoms with E-state index in [4.69, 9.17) is 4.74 Å². The van der Waals surface area contributed by atoms with Crippen LogP contribution in [0.2, 0.25) is 0 Å². The molecule has 1 saturated carbocycles. The van der Waals surface area contributed by atoms with Crippen molar-refractivity contribution < 1.29 is 4.74 Å². The number of benzene rings is 1. The quantitative estimate of drug-likeness (QED) is 0.627. The van der Waals surface area contributed by atoms with Crippen LogP contribution in [0.3, 0.4) is 0 Å². The van der Waals surface area contributed by atoms with Gasteiger partial charge in [-0.1, -0.05) is 30.0 Å². The van der Waals surface area contributed by atoms with Crippen molar-refractivity contribution >= 4 is 0 Å². The molecule has 18 heavy (non-hydrogen) atoms. The van der Waals surface area contributed by atoms with E-state index in [9.17, 15) is 0 Å². The molecule has 0 amide bonds. The molecule has 1 aromatic rings. The molecule has 2 aliphatic rings. The topological polar surface area (TPSA) is 9.23 Å². The Morgan fingerprint density at radius 1 is 1.11 bits per heavy atom. The average Bonchev–Trinajstić information content (AvgIpc) is 2.82. The van der Waals surface area contributed by atoms with Gasteiger partial charge in [0, 0.05) is 18.1 Å². The van der Waals surface area contributed by atoms with Crippen molar-refractivity contribution in [2.24, 2.45) is 5.92 Å². The zero-order chi connectivity index (χ0) is 12.3. The minimum Gasteiger partial charge on any atom is -0.375 e. The summed E-state index contributed by atoms with van der Waals surface area (Å²) in [6.45, 7) is 0.957. The number of ether oxygens (including phenoxy) is 1. The first-order chi connectivity index (χ1) is 8.86. The molecule has 0 N–H and O–H groups in total. The second-order valence-corrected chi connectivity index (χ2v) is 5.56. The molecule has 3 rings (SSSR count). The summed E-state index contributed by atoms with van der Waals surface area (Å²) in [5, 5.41) is 0. The van der Waals surface area contributed by atoms with Gasteiger partial charge in [0.25, 0.3) is 0 Å². The van der Waals surface area contributed by atoms with E-state index in [1.165, 1.54) is 32.1 Å². The lowest BCUT2D eigenvalue weighted by Crippen LogP contribution is -2.33. The summed E-state index contributed by atoms with van der Waals surface area (Å²) < 4.78 is 6.04. The summed E-state index contributed by atoms with van der Waals surface area (Å²) >= 11 is 0. The maximum Gasteiger partial charge on any atom is 0.0694 e. The Hall–Kier alpha value is -1.26. The zero-order valence-electron chi connectivity index (χ0n) is 10.8. The highest BCUT2D eigenvalue weighted by atomic mass is 16.5. The molecule has 1 spiro atoms. The molecule has 0 unspecified atom stereocenters. The Morgan fingerprint density at radius 2 is 2.00 bits per heavy atom. The van der Waals surface area contributed by atoms with Gasteiger partial charge in [0.15, 0.2) is 0 Å². The van der Waals surface area contributed by atoms with E-state index in [2.05, 4.69) is 24.0 Å². The van der Waals surface area contributed by atoms with Gasteiger partial charge in [0.05, 0.1) is 5.60 Å². The third-order valence-electron chi connectivity index (χ3n) is 4.20. The lowest BCUT2D eigenvalue weighted by molar-refractivity contribution is -0.0742. The van der Waals surface area contributed by atoms with Gasteiger partial charge in [-0.15, -0.1) is 0 Å². The Morgan fingerprint density at radius 3 is 2.78 bits per heavy atom. The van der Waals surface area contributed by atoms with Crippen molar-refractivity contribution in [2.75, 3.05) is 6.61 Å². The predicted octanol–water partition coefficient (Wildman–Crippen LogP) is 3.78. The fraction of sp³-hybridized carbons (Fsp3) is 0.529. The fourth-order valence-electron chi connectivity index (χ4n) is 3.19. The van der Waals surface area contributed by atoms with E-state index in [0.29, 0.717) is 5.92 Å².